The molecule has 0 fully saturated rings. The van der Waals surface area contributed by atoms with E-state index in [9.17, 15) is 0 Å². The molecule has 0 radical (unpaired) electrons. The molecule has 3 nitrogen and oxygen atoms in total. The summed E-state index contributed by atoms with van der Waals surface area (Å²) in [5.41, 5.74) is 4.82. The third-order valence-corrected chi connectivity index (χ3v) is 7.29. The Labute approximate surface area is 229 Å². The Morgan fingerprint density at radius 2 is 0.865 bits per heavy atom. The van der Waals surface area contributed by atoms with Crippen molar-refractivity contribution >= 4 is 8.60 Å². The normalized spacial score (nSPS) is 13.7. The fourth-order valence-electron chi connectivity index (χ4n) is 3.80. The summed E-state index contributed by atoms with van der Waals surface area (Å²) < 4.78 is 19.6. The van der Waals surface area contributed by atoms with Gasteiger partial charge in [-0.2, -0.15) is 0 Å². The lowest BCUT2D eigenvalue weighted by Gasteiger charge is -2.30. The second-order valence-corrected chi connectivity index (χ2v) is 16.7. The fourth-order valence-corrected chi connectivity index (χ4v) is 5.08. The van der Waals surface area contributed by atoms with Crippen molar-refractivity contribution in [3.05, 3.63) is 58.7 Å². The van der Waals surface area contributed by atoms with Crippen LogP contribution in [0, 0.1) is 5.41 Å². The van der Waals surface area contributed by atoms with Crippen LogP contribution in [-0.4, -0.2) is 6.61 Å². The maximum atomic E-state index is 6.62. The van der Waals surface area contributed by atoms with Crippen molar-refractivity contribution in [3.8, 4) is 11.5 Å². The minimum absolute atomic E-state index is 0.0147. The summed E-state index contributed by atoms with van der Waals surface area (Å²) in [5.74, 6) is 1.65. The van der Waals surface area contributed by atoms with Gasteiger partial charge >= 0.3 is 8.60 Å². The quantitative estimate of drug-likeness (QED) is 0.349. The van der Waals surface area contributed by atoms with Gasteiger partial charge in [0.2, 0.25) is 0 Å². The summed E-state index contributed by atoms with van der Waals surface area (Å²) in [6.45, 7) is 33.8. The van der Waals surface area contributed by atoms with Crippen molar-refractivity contribution in [2.75, 3.05) is 6.61 Å². The smallest absolute Gasteiger partial charge is 0.417 e. The van der Waals surface area contributed by atoms with E-state index >= 15 is 0 Å². The predicted octanol–water partition coefficient (Wildman–Crippen LogP) is 10.6. The van der Waals surface area contributed by atoms with Gasteiger partial charge in [-0.3, -0.25) is 4.52 Å². The molecule has 0 heterocycles. The van der Waals surface area contributed by atoms with Gasteiger partial charge < -0.3 is 9.05 Å². The highest BCUT2D eigenvalue weighted by atomic mass is 31.2. The highest BCUT2D eigenvalue weighted by molar-refractivity contribution is 7.42. The first-order valence-electron chi connectivity index (χ1n) is 13.6. The second kappa shape index (κ2) is 10.9. The van der Waals surface area contributed by atoms with E-state index in [-0.39, 0.29) is 27.1 Å². The zero-order valence-electron chi connectivity index (χ0n) is 26.3. The summed E-state index contributed by atoms with van der Waals surface area (Å²) in [6.07, 6.45) is 0. The van der Waals surface area contributed by atoms with E-state index < -0.39 is 8.60 Å². The van der Waals surface area contributed by atoms with Crippen molar-refractivity contribution in [3.63, 3.8) is 0 Å². The van der Waals surface area contributed by atoms with Crippen LogP contribution in [0.1, 0.15) is 126 Å². The largest absolute Gasteiger partial charge is 0.463 e. The molecule has 0 aliphatic heterocycles. The third kappa shape index (κ3) is 9.29. The van der Waals surface area contributed by atoms with Crippen LogP contribution < -0.4 is 9.05 Å². The maximum absolute atomic E-state index is 6.62. The van der Waals surface area contributed by atoms with E-state index in [1.54, 1.807) is 0 Å². The molecule has 0 atom stereocenters. The first kappa shape index (κ1) is 31.6. The van der Waals surface area contributed by atoms with E-state index in [1.807, 2.05) is 0 Å². The molecule has 0 aliphatic carbocycles. The summed E-state index contributed by atoms with van der Waals surface area (Å²) in [5, 5.41) is 0. The zero-order chi connectivity index (χ0) is 28.6. The van der Waals surface area contributed by atoms with Gasteiger partial charge in [-0.05, 0) is 50.3 Å². The molecule has 0 N–H and O–H groups in total. The minimum Gasteiger partial charge on any atom is -0.417 e. The van der Waals surface area contributed by atoms with Crippen molar-refractivity contribution in [1.82, 2.24) is 0 Å². The molecular weight excluding hydrogens is 475 g/mol. The molecule has 0 amide bonds. The highest BCUT2D eigenvalue weighted by Gasteiger charge is 2.30. The Hall–Kier alpha value is -1.57. The molecule has 0 spiro atoms. The lowest BCUT2D eigenvalue weighted by molar-refractivity contribution is 0.177. The van der Waals surface area contributed by atoms with E-state index in [1.165, 1.54) is 11.1 Å². The van der Waals surface area contributed by atoms with Crippen LogP contribution in [0.25, 0.3) is 0 Å². The lowest BCUT2D eigenvalue weighted by Crippen LogP contribution is -2.19. The molecule has 0 unspecified atom stereocenters. The van der Waals surface area contributed by atoms with Crippen molar-refractivity contribution in [2.24, 2.45) is 5.41 Å². The van der Waals surface area contributed by atoms with Crippen molar-refractivity contribution in [1.29, 1.82) is 0 Å². The van der Waals surface area contributed by atoms with Crippen LogP contribution in [0.5, 0.6) is 11.5 Å². The van der Waals surface area contributed by atoms with Crippen LogP contribution in [0.15, 0.2) is 36.4 Å². The van der Waals surface area contributed by atoms with Gasteiger partial charge in [0.1, 0.15) is 11.5 Å². The zero-order valence-corrected chi connectivity index (χ0v) is 27.2. The van der Waals surface area contributed by atoms with Crippen LogP contribution in [0.3, 0.4) is 0 Å². The van der Waals surface area contributed by atoms with E-state index in [4.69, 9.17) is 13.6 Å². The molecule has 2 aromatic rings. The average Bonchev–Trinajstić information content (AvgIpc) is 2.68. The molecular formula is C33H53O3P. The Morgan fingerprint density at radius 1 is 0.514 bits per heavy atom. The maximum Gasteiger partial charge on any atom is 0.463 e. The van der Waals surface area contributed by atoms with E-state index in [0.717, 1.165) is 22.6 Å². The minimum atomic E-state index is -1.68. The Bertz CT molecular complexity index is 974. The second-order valence-electron chi connectivity index (χ2n) is 15.7. The van der Waals surface area contributed by atoms with Crippen LogP contribution >= 0.6 is 8.60 Å². The lowest BCUT2D eigenvalue weighted by atomic mass is 9.80. The Morgan fingerprint density at radius 3 is 1.14 bits per heavy atom. The summed E-state index contributed by atoms with van der Waals surface area (Å²) >= 11 is 0. The predicted molar refractivity (Wildman–Crippen MR) is 161 cm³/mol. The summed E-state index contributed by atoms with van der Waals surface area (Å²) in [6, 6.07) is 13.1. The molecule has 0 aliphatic rings. The number of hydrogen-bond donors (Lipinski definition) is 0. The number of hydrogen-bond acceptors (Lipinski definition) is 3. The van der Waals surface area contributed by atoms with Gasteiger partial charge in [-0.25, -0.2) is 0 Å². The van der Waals surface area contributed by atoms with Crippen LogP contribution in [-0.2, 0) is 26.2 Å². The number of benzene rings is 2. The molecule has 0 aromatic heterocycles. The molecule has 0 saturated heterocycles. The third-order valence-electron chi connectivity index (χ3n) is 6.26. The van der Waals surface area contributed by atoms with Gasteiger partial charge in [0, 0.05) is 11.1 Å². The van der Waals surface area contributed by atoms with E-state index in [2.05, 4.69) is 140 Å². The molecule has 208 valence electrons. The van der Waals surface area contributed by atoms with Crippen molar-refractivity contribution < 1.29 is 13.6 Å². The summed E-state index contributed by atoms with van der Waals surface area (Å²) in [4.78, 5) is 0. The Balaban J connectivity index is 2.56. The monoisotopic (exact) mass is 528 g/mol. The first-order valence-corrected chi connectivity index (χ1v) is 14.7. The van der Waals surface area contributed by atoms with E-state index in [0.29, 0.717) is 6.61 Å². The molecule has 2 aromatic carbocycles. The molecule has 0 bridgehead atoms. The highest BCUT2D eigenvalue weighted by Crippen LogP contribution is 2.48. The molecule has 2 rings (SSSR count). The summed E-state index contributed by atoms with van der Waals surface area (Å²) in [7, 11) is -1.68. The first-order chi connectivity index (χ1) is 16.5. The number of rotatable bonds is 6. The molecule has 0 saturated carbocycles. The molecule has 4 heteroatoms. The van der Waals surface area contributed by atoms with Gasteiger partial charge in [0.15, 0.2) is 0 Å². The van der Waals surface area contributed by atoms with Gasteiger partial charge in [0.25, 0.3) is 0 Å². The van der Waals surface area contributed by atoms with Crippen LogP contribution in [0.2, 0.25) is 0 Å². The topological polar surface area (TPSA) is 27.7 Å². The van der Waals surface area contributed by atoms with Crippen molar-refractivity contribution in [2.45, 2.75) is 126 Å². The fraction of sp³-hybridized carbons (Fsp3) is 0.636. The van der Waals surface area contributed by atoms with Gasteiger partial charge in [-0.15, -0.1) is 0 Å². The SMILES string of the molecule is CC(C)(C)COP(Oc1ccc(C(C)(C)C)cc1C(C)(C)C)Oc1ccc(C(C)(C)C)cc1C(C)(C)C. The molecule has 37 heavy (non-hydrogen) atoms. The average molecular weight is 529 g/mol. The Kier molecular flexibility index (Phi) is 9.32. The van der Waals surface area contributed by atoms with Gasteiger partial charge in [0.05, 0.1) is 6.61 Å². The van der Waals surface area contributed by atoms with Crippen LogP contribution in [0.4, 0.5) is 0 Å². The van der Waals surface area contributed by atoms with Gasteiger partial charge in [-0.1, -0.05) is 128 Å². The standard InChI is InChI=1S/C33H53O3P/c1-29(2,3)22-34-37(35-27-18-16-23(30(4,5)6)20-25(27)32(10,11)12)36-28-19-17-24(31(7,8)9)21-26(28)33(13,14)15/h16-21H,22H2,1-15H3.